The number of carbonyl (C=O) groups is 1. The highest BCUT2D eigenvalue weighted by atomic mass is 19.4. The summed E-state index contributed by atoms with van der Waals surface area (Å²) in [7, 11) is 0. The summed E-state index contributed by atoms with van der Waals surface area (Å²) in [5.74, 6) is -3.36. The third kappa shape index (κ3) is 2.69. The number of halogens is 3. The number of alkyl halides is 3. The van der Waals surface area contributed by atoms with Crippen LogP contribution in [-0.2, 0) is 9.47 Å². The number of carbonyl (C=O) groups excluding carboxylic acids is 1. The average Bonchev–Trinajstić information content (AvgIpc) is 2.41. The van der Waals surface area contributed by atoms with E-state index >= 15 is 0 Å². The molecule has 1 heterocycles. The van der Waals surface area contributed by atoms with Crippen LogP contribution in [0.25, 0.3) is 0 Å². The molecular weight excluding hydrogens is 255 g/mol. The Labute approximate surface area is 102 Å². The van der Waals surface area contributed by atoms with Gasteiger partial charge in [0.1, 0.15) is 12.3 Å². The standard InChI is InChI=1S/C10H16F3NO4/c1-6-9(16,10(11,12)13)17-5-14(6)7(15)18-8(2,3)4/h6,16H,5H2,1-4H3/t6-,9?/m0/s1. The topological polar surface area (TPSA) is 59.0 Å². The van der Waals surface area contributed by atoms with Gasteiger partial charge < -0.3 is 14.6 Å². The largest absolute Gasteiger partial charge is 0.445 e. The second-order valence-corrected chi connectivity index (χ2v) is 5.09. The lowest BCUT2D eigenvalue weighted by molar-refractivity contribution is -0.352. The van der Waals surface area contributed by atoms with Crippen LogP contribution in [-0.4, -0.2) is 46.4 Å². The Bertz CT molecular complexity index is 339. The van der Waals surface area contributed by atoms with E-state index in [1.165, 1.54) is 0 Å². The Morgan fingerprint density at radius 1 is 1.44 bits per heavy atom. The van der Waals surface area contributed by atoms with Crippen LogP contribution in [0.2, 0.25) is 0 Å². The van der Waals surface area contributed by atoms with Gasteiger partial charge >= 0.3 is 12.3 Å². The Morgan fingerprint density at radius 2 is 1.94 bits per heavy atom. The lowest BCUT2D eigenvalue weighted by atomic mass is 10.1. The minimum atomic E-state index is -4.98. The summed E-state index contributed by atoms with van der Waals surface area (Å²) in [6, 6.07) is -1.58. The predicted molar refractivity (Wildman–Crippen MR) is 54.5 cm³/mol. The smallest absolute Gasteiger partial charge is 0.444 e. The van der Waals surface area contributed by atoms with E-state index in [1.54, 1.807) is 20.8 Å². The van der Waals surface area contributed by atoms with E-state index in [2.05, 4.69) is 4.74 Å². The lowest BCUT2D eigenvalue weighted by Gasteiger charge is -2.31. The maximum atomic E-state index is 12.6. The summed E-state index contributed by atoms with van der Waals surface area (Å²) in [6.45, 7) is 5.13. The zero-order chi connectivity index (χ0) is 14.4. The van der Waals surface area contributed by atoms with Gasteiger partial charge in [0.2, 0.25) is 0 Å². The van der Waals surface area contributed by atoms with Gasteiger partial charge in [0, 0.05) is 0 Å². The first kappa shape index (κ1) is 15.0. The number of ether oxygens (including phenoxy) is 2. The summed E-state index contributed by atoms with van der Waals surface area (Å²) in [4.78, 5) is 12.3. The highest BCUT2D eigenvalue weighted by Gasteiger charge is 2.65. The van der Waals surface area contributed by atoms with E-state index in [1.807, 2.05) is 0 Å². The second kappa shape index (κ2) is 4.27. The zero-order valence-corrected chi connectivity index (χ0v) is 10.5. The first-order valence-electron chi connectivity index (χ1n) is 5.31. The molecule has 18 heavy (non-hydrogen) atoms. The summed E-state index contributed by atoms with van der Waals surface area (Å²) in [5.41, 5.74) is -0.838. The van der Waals surface area contributed by atoms with Crippen LogP contribution in [0.3, 0.4) is 0 Å². The fourth-order valence-corrected chi connectivity index (χ4v) is 1.46. The molecule has 1 saturated heterocycles. The van der Waals surface area contributed by atoms with Crippen LogP contribution >= 0.6 is 0 Å². The van der Waals surface area contributed by atoms with E-state index < -0.39 is 36.4 Å². The number of amides is 1. The highest BCUT2D eigenvalue weighted by Crippen LogP contribution is 2.40. The number of aliphatic hydroxyl groups is 1. The SMILES string of the molecule is C[C@@H]1N(C(=O)OC(C)(C)C)COC1(O)C(F)(F)F. The molecule has 0 spiro atoms. The normalized spacial score (nSPS) is 29.6. The minimum Gasteiger partial charge on any atom is -0.444 e. The fourth-order valence-electron chi connectivity index (χ4n) is 1.46. The van der Waals surface area contributed by atoms with Gasteiger partial charge in [0.05, 0.1) is 6.04 Å². The molecule has 0 aromatic rings. The van der Waals surface area contributed by atoms with Gasteiger partial charge in [-0.05, 0) is 27.7 Å². The number of rotatable bonds is 0. The van der Waals surface area contributed by atoms with Gasteiger partial charge in [-0.3, -0.25) is 4.90 Å². The van der Waals surface area contributed by atoms with Crippen LogP contribution in [0.4, 0.5) is 18.0 Å². The molecule has 8 heteroatoms. The van der Waals surface area contributed by atoms with Crippen LogP contribution in [0, 0.1) is 0 Å². The maximum Gasteiger partial charge on any atom is 0.445 e. The van der Waals surface area contributed by atoms with Crippen molar-refractivity contribution in [3.63, 3.8) is 0 Å². The zero-order valence-electron chi connectivity index (χ0n) is 10.5. The third-order valence-corrected chi connectivity index (χ3v) is 2.49. The lowest BCUT2D eigenvalue weighted by Crippen LogP contribution is -2.55. The second-order valence-electron chi connectivity index (χ2n) is 5.09. The number of nitrogens with zero attached hydrogens (tertiary/aromatic N) is 1. The van der Waals surface area contributed by atoms with Crippen molar-refractivity contribution in [3.05, 3.63) is 0 Å². The molecule has 0 radical (unpaired) electrons. The predicted octanol–water partition coefficient (Wildman–Crippen LogP) is 1.85. The molecule has 1 rings (SSSR count). The summed E-state index contributed by atoms with van der Waals surface area (Å²) >= 11 is 0. The minimum absolute atomic E-state index is 0.675. The number of hydrogen-bond acceptors (Lipinski definition) is 4. The molecule has 1 amide bonds. The molecule has 1 unspecified atom stereocenters. The van der Waals surface area contributed by atoms with Crippen molar-refractivity contribution >= 4 is 6.09 Å². The van der Waals surface area contributed by atoms with Crippen LogP contribution in [0.15, 0.2) is 0 Å². The Morgan fingerprint density at radius 3 is 2.28 bits per heavy atom. The molecule has 1 N–H and O–H groups in total. The monoisotopic (exact) mass is 271 g/mol. The Balaban J connectivity index is 2.83. The fraction of sp³-hybridized carbons (Fsp3) is 0.900. The molecule has 2 atom stereocenters. The molecule has 106 valence electrons. The van der Waals surface area contributed by atoms with Crippen molar-refractivity contribution < 1.29 is 32.5 Å². The quantitative estimate of drug-likeness (QED) is 0.730. The van der Waals surface area contributed by atoms with Crippen molar-refractivity contribution in [2.24, 2.45) is 0 Å². The van der Waals surface area contributed by atoms with Crippen molar-refractivity contribution in [2.45, 2.75) is 51.3 Å². The molecule has 1 aliphatic rings. The molecule has 1 fully saturated rings. The third-order valence-electron chi connectivity index (χ3n) is 2.49. The van der Waals surface area contributed by atoms with Crippen molar-refractivity contribution in [1.29, 1.82) is 0 Å². The van der Waals surface area contributed by atoms with Crippen LogP contribution < -0.4 is 0 Å². The maximum absolute atomic E-state index is 12.6. The van der Waals surface area contributed by atoms with Crippen molar-refractivity contribution in [3.8, 4) is 0 Å². The van der Waals surface area contributed by atoms with Gasteiger partial charge in [-0.25, -0.2) is 4.79 Å². The first-order chi connectivity index (χ1) is 7.88. The molecular formula is C10H16F3NO4. The summed E-state index contributed by atoms with van der Waals surface area (Å²) in [5, 5.41) is 9.42. The molecule has 0 aromatic heterocycles. The van der Waals surface area contributed by atoms with E-state index in [-0.39, 0.29) is 0 Å². The van der Waals surface area contributed by atoms with Gasteiger partial charge in [-0.1, -0.05) is 0 Å². The van der Waals surface area contributed by atoms with Gasteiger partial charge in [-0.2, -0.15) is 13.2 Å². The van der Waals surface area contributed by atoms with Crippen molar-refractivity contribution in [1.82, 2.24) is 4.90 Å². The molecule has 5 nitrogen and oxygen atoms in total. The van der Waals surface area contributed by atoms with Crippen LogP contribution in [0.5, 0.6) is 0 Å². The van der Waals surface area contributed by atoms with Gasteiger partial charge in [0.15, 0.2) is 0 Å². The summed E-state index contributed by atoms with van der Waals surface area (Å²) in [6.07, 6.45) is -5.95. The van der Waals surface area contributed by atoms with Crippen LogP contribution in [0.1, 0.15) is 27.7 Å². The van der Waals surface area contributed by atoms with Gasteiger partial charge in [0.25, 0.3) is 5.79 Å². The molecule has 1 aliphatic heterocycles. The average molecular weight is 271 g/mol. The molecule has 0 bridgehead atoms. The molecule has 0 saturated carbocycles. The van der Waals surface area contributed by atoms with Crippen molar-refractivity contribution in [2.75, 3.05) is 6.73 Å². The molecule has 0 aliphatic carbocycles. The van der Waals surface area contributed by atoms with E-state index in [0.29, 0.717) is 4.90 Å². The molecule has 0 aromatic carbocycles. The van der Waals surface area contributed by atoms with E-state index in [0.717, 1.165) is 6.92 Å². The first-order valence-corrected chi connectivity index (χ1v) is 5.31. The van der Waals surface area contributed by atoms with E-state index in [4.69, 9.17) is 4.74 Å². The Hall–Kier alpha value is -1.02. The summed E-state index contributed by atoms with van der Waals surface area (Å²) < 4.78 is 47.1. The van der Waals surface area contributed by atoms with Gasteiger partial charge in [-0.15, -0.1) is 0 Å². The highest BCUT2D eigenvalue weighted by molar-refractivity contribution is 5.68. The number of hydrogen-bond donors (Lipinski definition) is 1. The van der Waals surface area contributed by atoms with E-state index in [9.17, 15) is 23.1 Å². The Kier molecular flexibility index (Phi) is 3.57.